The summed E-state index contributed by atoms with van der Waals surface area (Å²) in [5.41, 5.74) is 2.52. The number of ether oxygens (including phenoxy) is 2. The van der Waals surface area contributed by atoms with E-state index in [0.717, 1.165) is 0 Å². The predicted molar refractivity (Wildman–Crippen MR) is 111 cm³/mol. The van der Waals surface area contributed by atoms with E-state index in [1.807, 2.05) is 6.07 Å². The Labute approximate surface area is 172 Å². The molecule has 0 atom stereocenters. The van der Waals surface area contributed by atoms with Gasteiger partial charge in [-0.1, -0.05) is 0 Å². The second-order valence-electron chi connectivity index (χ2n) is 6.53. The maximum absolute atomic E-state index is 12.5. The molecule has 3 aromatic rings. The smallest absolute Gasteiger partial charge is 0.255 e. The minimum atomic E-state index is -0.307. The van der Waals surface area contributed by atoms with Crippen LogP contribution in [-0.2, 0) is 0 Å². The molecular weight excluding hydrogens is 382 g/mol. The number of rotatable bonds is 4. The van der Waals surface area contributed by atoms with E-state index in [-0.39, 0.29) is 11.8 Å². The number of benzene rings is 3. The predicted octanol–water partition coefficient (Wildman–Crippen LogP) is 3.83. The highest BCUT2D eigenvalue weighted by atomic mass is 16.6. The highest BCUT2D eigenvalue weighted by Gasteiger charge is 2.14. The van der Waals surface area contributed by atoms with Gasteiger partial charge in [-0.15, -0.1) is 0 Å². The highest BCUT2D eigenvalue weighted by Crippen LogP contribution is 2.32. The third kappa shape index (κ3) is 4.23. The number of hydrogen-bond donors (Lipinski definition) is 2. The van der Waals surface area contributed by atoms with Gasteiger partial charge in [0.05, 0.1) is 11.6 Å². The van der Waals surface area contributed by atoms with Gasteiger partial charge in [0, 0.05) is 28.6 Å². The summed E-state index contributed by atoms with van der Waals surface area (Å²) in [6.45, 7) is 0.972. The van der Waals surface area contributed by atoms with Crippen molar-refractivity contribution in [2.45, 2.75) is 0 Å². The molecule has 30 heavy (non-hydrogen) atoms. The number of carbonyl (C=O) groups is 2. The lowest BCUT2D eigenvalue weighted by atomic mass is 10.1. The molecule has 0 spiro atoms. The molecule has 4 rings (SSSR count). The van der Waals surface area contributed by atoms with Crippen LogP contribution in [0.4, 0.5) is 11.4 Å². The molecule has 148 valence electrons. The Balaban J connectivity index is 1.40. The van der Waals surface area contributed by atoms with Gasteiger partial charge >= 0.3 is 0 Å². The second-order valence-corrected chi connectivity index (χ2v) is 6.53. The van der Waals surface area contributed by atoms with Gasteiger partial charge in [0.2, 0.25) is 0 Å². The first-order valence-electron chi connectivity index (χ1n) is 9.25. The Kier molecular flexibility index (Phi) is 5.31. The lowest BCUT2D eigenvalue weighted by Crippen LogP contribution is -2.16. The fourth-order valence-corrected chi connectivity index (χ4v) is 2.93. The highest BCUT2D eigenvalue weighted by molar-refractivity contribution is 6.07. The summed E-state index contributed by atoms with van der Waals surface area (Å²) in [6, 6.07) is 20.1. The van der Waals surface area contributed by atoms with Gasteiger partial charge in [-0.2, -0.15) is 5.26 Å². The minimum Gasteiger partial charge on any atom is -0.486 e. The molecule has 0 aliphatic carbocycles. The monoisotopic (exact) mass is 399 g/mol. The van der Waals surface area contributed by atoms with E-state index in [1.165, 1.54) is 0 Å². The Morgan fingerprint density at radius 1 is 0.733 bits per heavy atom. The Morgan fingerprint density at radius 2 is 1.27 bits per heavy atom. The first-order valence-corrected chi connectivity index (χ1v) is 9.25. The summed E-state index contributed by atoms with van der Waals surface area (Å²) in [5.74, 6) is 0.634. The molecule has 1 aliphatic heterocycles. The van der Waals surface area contributed by atoms with Crippen molar-refractivity contribution >= 4 is 23.2 Å². The molecule has 0 bridgehead atoms. The van der Waals surface area contributed by atoms with Crippen molar-refractivity contribution in [2.24, 2.45) is 0 Å². The number of carbonyl (C=O) groups excluding carboxylic acids is 2. The molecule has 0 aromatic heterocycles. The number of nitrogens with one attached hydrogen (secondary N) is 2. The third-order valence-corrected chi connectivity index (χ3v) is 4.48. The summed E-state index contributed by atoms with van der Waals surface area (Å²) in [7, 11) is 0. The zero-order valence-electron chi connectivity index (χ0n) is 15.8. The van der Waals surface area contributed by atoms with Crippen LogP contribution in [-0.4, -0.2) is 25.0 Å². The SMILES string of the molecule is N#Cc1ccc(NC(=O)c2ccc(C(=O)Nc3ccc4c(c3)OCCO4)cc2)cc1. The summed E-state index contributed by atoms with van der Waals surface area (Å²) < 4.78 is 11.0. The van der Waals surface area contributed by atoms with E-state index >= 15 is 0 Å². The van der Waals surface area contributed by atoms with Gasteiger partial charge in [-0.3, -0.25) is 9.59 Å². The van der Waals surface area contributed by atoms with Crippen molar-refractivity contribution in [3.05, 3.63) is 83.4 Å². The first-order chi connectivity index (χ1) is 14.6. The third-order valence-electron chi connectivity index (χ3n) is 4.48. The molecule has 0 unspecified atom stereocenters. The summed E-state index contributed by atoms with van der Waals surface area (Å²) in [4.78, 5) is 24.9. The van der Waals surface area contributed by atoms with Gasteiger partial charge in [0.15, 0.2) is 11.5 Å². The number of nitriles is 1. The molecule has 2 N–H and O–H groups in total. The average Bonchev–Trinajstić information content (AvgIpc) is 2.79. The van der Waals surface area contributed by atoms with Crippen molar-refractivity contribution in [1.82, 2.24) is 0 Å². The number of amides is 2. The summed E-state index contributed by atoms with van der Waals surface area (Å²) in [5, 5.41) is 14.4. The molecule has 0 radical (unpaired) electrons. The van der Waals surface area contributed by atoms with Crippen LogP contribution in [0.2, 0.25) is 0 Å². The van der Waals surface area contributed by atoms with Gasteiger partial charge in [-0.25, -0.2) is 0 Å². The van der Waals surface area contributed by atoms with E-state index in [9.17, 15) is 9.59 Å². The maximum Gasteiger partial charge on any atom is 0.255 e. The molecule has 7 nitrogen and oxygen atoms in total. The lowest BCUT2D eigenvalue weighted by molar-refractivity contribution is 0.101. The molecule has 0 saturated heterocycles. The molecular formula is C23H17N3O4. The van der Waals surface area contributed by atoms with Crippen LogP contribution in [0.25, 0.3) is 0 Å². The number of anilines is 2. The fourth-order valence-electron chi connectivity index (χ4n) is 2.93. The van der Waals surface area contributed by atoms with Crippen LogP contribution in [0, 0.1) is 11.3 Å². The zero-order valence-corrected chi connectivity index (χ0v) is 15.8. The van der Waals surface area contributed by atoms with Crippen LogP contribution in [0.15, 0.2) is 66.7 Å². The van der Waals surface area contributed by atoms with Crippen LogP contribution in [0.5, 0.6) is 11.5 Å². The molecule has 7 heteroatoms. The van der Waals surface area contributed by atoms with Gasteiger partial charge in [-0.05, 0) is 60.7 Å². The quantitative estimate of drug-likeness (QED) is 0.694. The Hall–Kier alpha value is -4.31. The van der Waals surface area contributed by atoms with E-state index in [1.54, 1.807) is 66.7 Å². The number of fused-ring (bicyclic) bond motifs is 1. The number of hydrogen-bond acceptors (Lipinski definition) is 5. The van der Waals surface area contributed by atoms with E-state index in [4.69, 9.17) is 14.7 Å². The molecule has 3 aromatic carbocycles. The van der Waals surface area contributed by atoms with Gasteiger partial charge in [0.25, 0.3) is 11.8 Å². The van der Waals surface area contributed by atoms with Gasteiger partial charge < -0.3 is 20.1 Å². The van der Waals surface area contributed by atoms with Crippen molar-refractivity contribution in [2.75, 3.05) is 23.8 Å². The molecule has 0 saturated carbocycles. The standard InChI is InChI=1S/C23H17N3O4/c24-14-15-1-7-18(8-2-15)25-22(27)16-3-5-17(6-4-16)23(28)26-19-9-10-20-21(13-19)30-12-11-29-20/h1-10,13H,11-12H2,(H,25,27)(H,26,28). The first kappa shape index (κ1) is 19.0. The van der Waals surface area contributed by atoms with E-state index < -0.39 is 0 Å². The molecule has 0 fully saturated rings. The molecule has 2 amide bonds. The van der Waals surface area contributed by atoms with Crippen LogP contribution in [0.1, 0.15) is 26.3 Å². The second kappa shape index (κ2) is 8.37. The van der Waals surface area contributed by atoms with Gasteiger partial charge in [0.1, 0.15) is 13.2 Å². The topological polar surface area (TPSA) is 100 Å². The van der Waals surface area contributed by atoms with Crippen molar-refractivity contribution in [1.29, 1.82) is 5.26 Å². The summed E-state index contributed by atoms with van der Waals surface area (Å²) in [6.07, 6.45) is 0. The van der Waals surface area contributed by atoms with Crippen LogP contribution >= 0.6 is 0 Å². The summed E-state index contributed by atoms with van der Waals surface area (Å²) >= 11 is 0. The number of nitrogens with zero attached hydrogens (tertiary/aromatic N) is 1. The molecule has 1 aliphatic rings. The van der Waals surface area contributed by atoms with Crippen molar-refractivity contribution < 1.29 is 19.1 Å². The van der Waals surface area contributed by atoms with E-state index in [2.05, 4.69) is 10.6 Å². The lowest BCUT2D eigenvalue weighted by Gasteiger charge is -2.19. The zero-order chi connectivity index (χ0) is 20.9. The molecule has 1 heterocycles. The van der Waals surface area contributed by atoms with Crippen molar-refractivity contribution in [3.8, 4) is 17.6 Å². The van der Waals surface area contributed by atoms with Crippen molar-refractivity contribution in [3.63, 3.8) is 0 Å². The van der Waals surface area contributed by atoms with Crippen LogP contribution in [0.3, 0.4) is 0 Å². The minimum absolute atomic E-state index is 0.300. The van der Waals surface area contributed by atoms with E-state index in [0.29, 0.717) is 52.8 Å². The average molecular weight is 399 g/mol. The Bertz CT molecular complexity index is 1130. The van der Waals surface area contributed by atoms with Crippen LogP contribution < -0.4 is 20.1 Å². The maximum atomic E-state index is 12.5. The Morgan fingerprint density at radius 3 is 1.87 bits per heavy atom. The fraction of sp³-hybridized carbons (Fsp3) is 0.0870. The largest absolute Gasteiger partial charge is 0.486 e. The normalized spacial score (nSPS) is 11.8.